The van der Waals surface area contributed by atoms with E-state index in [1.54, 1.807) is 0 Å². The van der Waals surface area contributed by atoms with Gasteiger partial charge < -0.3 is 0 Å². The third-order valence-corrected chi connectivity index (χ3v) is 4.50. The van der Waals surface area contributed by atoms with Gasteiger partial charge in [0.25, 0.3) is 0 Å². The maximum atomic E-state index is 12.5. The lowest BCUT2D eigenvalue weighted by Gasteiger charge is -2.28. The van der Waals surface area contributed by atoms with E-state index < -0.39 is 11.2 Å². The fourth-order valence-electron chi connectivity index (χ4n) is 2.48. The number of hydrogen-bond acceptors (Lipinski definition) is 4. The van der Waals surface area contributed by atoms with Crippen molar-refractivity contribution in [2.24, 2.45) is 11.8 Å². The summed E-state index contributed by atoms with van der Waals surface area (Å²) in [5, 5.41) is -0.798. The van der Waals surface area contributed by atoms with Crippen LogP contribution in [0.4, 0.5) is 13.2 Å². The smallest absolute Gasteiger partial charge is 0.271 e. The number of nitrogens with zero attached hydrogens (tertiary/aromatic N) is 1. The molecule has 1 unspecified atom stereocenters. The van der Waals surface area contributed by atoms with E-state index >= 15 is 0 Å². The van der Waals surface area contributed by atoms with Crippen molar-refractivity contribution in [2.45, 2.75) is 44.3 Å². The molecule has 7 heteroatoms. The van der Waals surface area contributed by atoms with Gasteiger partial charge in [-0.15, -0.1) is 11.3 Å². The van der Waals surface area contributed by atoms with Crippen molar-refractivity contribution in [3.8, 4) is 0 Å². The Morgan fingerprint density at radius 1 is 1.33 bits per heavy atom. The number of alkyl halides is 3. The highest BCUT2D eigenvalue weighted by atomic mass is 32.1. The third kappa shape index (κ3) is 3.02. The van der Waals surface area contributed by atoms with Crippen molar-refractivity contribution in [1.29, 1.82) is 0 Å². The van der Waals surface area contributed by atoms with E-state index in [1.165, 1.54) is 12.6 Å². The van der Waals surface area contributed by atoms with E-state index in [-0.39, 0.29) is 6.04 Å². The van der Waals surface area contributed by atoms with Gasteiger partial charge in [-0.3, -0.25) is 11.3 Å². The molecule has 0 aliphatic heterocycles. The van der Waals surface area contributed by atoms with Gasteiger partial charge in [-0.2, -0.15) is 13.2 Å². The monoisotopic (exact) mass is 279 g/mol. The third-order valence-electron chi connectivity index (χ3n) is 3.37. The zero-order valence-corrected chi connectivity index (χ0v) is 10.7. The second kappa shape index (κ2) is 5.54. The van der Waals surface area contributed by atoms with Crippen molar-refractivity contribution in [3.05, 3.63) is 16.1 Å². The van der Waals surface area contributed by atoms with Crippen LogP contribution in [0.15, 0.2) is 6.20 Å². The molecule has 0 aromatic carbocycles. The van der Waals surface area contributed by atoms with Gasteiger partial charge in [0.1, 0.15) is 0 Å². The quantitative estimate of drug-likeness (QED) is 0.659. The number of aromatic nitrogens is 1. The molecule has 1 aliphatic rings. The van der Waals surface area contributed by atoms with E-state index in [1.807, 2.05) is 0 Å². The van der Waals surface area contributed by atoms with Gasteiger partial charge in [0.15, 0.2) is 5.01 Å². The Kier molecular flexibility index (Phi) is 4.24. The summed E-state index contributed by atoms with van der Waals surface area (Å²) in [5.74, 6) is 5.81. The molecule has 0 bridgehead atoms. The number of thiazole rings is 1. The van der Waals surface area contributed by atoms with Crippen molar-refractivity contribution in [2.75, 3.05) is 0 Å². The summed E-state index contributed by atoms with van der Waals surface area (Å²) in [5.41, 5.74) is 2.66. The molecule has 0 saturated heterocycles. The van der Waals surface area contributed by atoms with E-state index in [0.717, 1.165) is 25.7 Å². The van der Waals surface area contributed by atoms with Gasteiger partial charge in [0, 0.05) is 11.1 Å². The molecule has 3 N–H and O–H groups in total. The van der Waals surface area contributed by atoms with Crippen LogP contribution < -0.4 is 11.3 Å². The second-order valence-corrected chi connectivity index (χ2v) is 5.67. The van der Waals surface area contributed by atoms with Gasteiger partial charge in [0.05, 0.1) is 6.04 Å². The normalized spacial score (nSPS) is 20.0. The van der Waals surface area contributed by atoms with Gasteiger partial charge in [-0.05, 0) is 18.8 Å². The van der Waals surface area contributed by atoms with Crippen molar-refractivity contribution in [1.82, 2.24) is 10.4 Å². The number of nitrogens with two attached hydrogens (primary N) is 1. The molecule has 102 valence electrons. The average Bonchev–Trinajstić information content (AvgIpc) is 2.81. The average molecular weight is 279 g/mol. The molecule has 2 rings (SSSR count). The molecule has 1 aromatic heterocycles. The zero-order valence-electron chi connectivity index (χ0n) is 9.83. The van der Waals surface area contributed by atoms with Crippen LogP contribution in [0.5, 0.6) is 0 Å². The SMILES string of the molecule is NNC(c1cnc(C(F)(F)F)s1)C1CCCCC1. The first kappa shape index (κ1) is 13.8. The van der Waals surface area contributed by atoms with E-state index in [0.29, 0.717) is 22.1 Å². The maximum absolute atomic E-state index is 12.5. The van der Waals surface area contributed by atoms with Crippen LogP contribution in [0.3, 0.4) is 0 Å². The van der Waals surface area contributed by atoms with E-state index in [4.69, 9.17) is 5.84 Å². The lowest BCUT2D eigenvalue weighted by molar-refractivity contribution is -0.137. The number of nitrogens with one attached hydrogen (secondary N) is 1. The van der Waals surface area contributed by atoms with Gasteiger partial charge in [-0.25, -0.2) is 4.98 Å². The van der Waals surface area contributed by atoms with Crippen LogP contribution in [0, 0.1) is 5.92 Å². The van der Waals surface area contributed by atoms with Gasteiger partial charge >= 0.3 is 6.18 Å². The predicted molar refractivity (Wildman–Crippen MR) is 63.8 cm³/mol. The van der Waals surface area contributed by atoms with Crippen LogP contribution in [0.2, 0.25) is 0 Å². The minimum absolute atomic E-state index is 0.209. The number of hydrazine groups is 1. The van der Waals surface area contributed by atoms with Crippen molar-refractivity contribution in [3.63, 3.8) is 0 Å². The topological polar surface area (TPSA) is 50.9 Å². The van der Waals surface area contributed by atoms with Crippen LogP contribution >= 0.6 is 11.3 Å². The molecule has 1 saturated carbocycles. The molecule has 0 radical (unpaired) electrons. The van der Waals surface area contributed by atoms with Crippen LogP contribution in [-0.2, 0) is 6.18 Å². The summed E-state index contributed by atoms with van der Waals surface area (Å²) in [6, 6.07) is -0.209. The molecule has 0 spiro atoms. The fourth-order valence-corrected chi connectivity index (χ4v) is 3.42. The molecule has 18 heavy (non-hydrogen) atoms. The maximum Gasteiger partial charge on any atom is 0.443 e. The summed E-state index contributed by atoms with van der Waals surface area (Å²) >= 11 is 0.688. The highest BCUT2D eigenvalue weighted by Crippen LogP contribution is 2.39. The number of rotatable bonds is 3. The fraction of sp³-hybridized carbons (Fsp3) is 0.727. The first-order valence-corrected chi connectivity index (χ1v) is 6.83. The lowest BCUT2D eigenvalue weighted by Crippen LogP contribution is -2.34. The molecule has 1 fully saturated rings. The van der Waals surface area contributed by atoms with Gasteiger partial charge in [-0.1, -0.05) is 19.3 Å². The highest BCUT2D eigenvalue weighted by molar-refractivity contribution is 7.11. The number of hydrogen-bond donors (Lipinski definition) is 2. The zero-order chi connectivity index (χ0) is 13.2. The van der Waals surface area contributed by atoms with E-state index in [2.05, 4.69) is 10.4 Å². The largest absolute Gasteiger partial charge is 0.443 e. The summed E-state index contributed by atoms with van der Waals surface area (Å²) in [6.45, 7) is 0. The summed E-state index contributed by atoms with van der Waals surface area (Å²) in [6.07, 6.45) is 2.38. The van der Waals surface area contributed by atoms with Crippen molar-refractivity contribution < 1.29 is 13.2 Å². The Morgan fingerprint density at radius 3 is 2.50 bits per heavy atom. The summed E-state index contributed by atoms with van der Waals surface area (Å²) < 4.78 is 37.5. The first-order valence-electron chi connectivity index (χ1n) is 6.01. The summed E-state index contributed by atoms with van der Waals surface area (Å²) in [7, 11) is 0. The standard InChI is InChI=1S/C11H16F3N3S/c12-11(13,14)10-16-6-8(18-10)9(17-15)7-4-2-1-3-5-7/h6-7,9,17H,1-5,15H2. The molecule has 0 amide bonds. The molecule has 1 aliphatic carbocycles. The molecular formula is C11H16F3N3S. The molecule has 3 nitrogen and oxygen atoms in total. The molecule has 1 heterocycles. The van der Waals surface area contributed by atoms with Crippen LogP contribution in [0.25, 0.3) is 0 Å². The van der Waals surface area contributed by atoms with E-state index in [9.17, 15) is 13.2 Å². The van der Waals surface area contributed by atoms with Gasteiger partial charge in [0.2, 0.25) is 0 Å². The second-order valence-electron chi connectivity index (χ2n) is 4.61. The highest BCUT2D eigenvalue weighted by Gasteiger charge is 2.36. The Morgan fingerprint density at radius 2 is 2.00 bits per heavy atom. The number of halogens is 3. The summed E-state index contributed by atoms with van der Waals surface area (Å²) in [4.78, 5) is 4.03. The Hall–Kier alpha value is -0.660. The Balaban J connectivity index is 2.14. The minimum atomic E-state index is -4.37. The predicted octanol–water partition coefficient (Wildman–Crippen LogP) is 3.25. The Labute approximate surface area is 108 Å². The molecule has 1 atom stereocenters. The minimum Gasteiger partial charge on any atom is -0.271 e. The lowest BCUT2D eigenvalue weighted by atomic mass is 9.84. The van der Waals surface area contributed by atoms with Crippen molar-refractivity contribution >= 4 is 11.3 Å². The van der Waals surface area contributed by atoms with Crippen LogP contribution in [-0.4, -0.2) is 4.98 Å². The molecular weight excluding hydrogens is 263 g/mol. The molecule has 1 aromatic rings. The van der Waals surface area contributed by atoms with Crippen LogP contribution in [0.1, 0.15) is 48.0 Å². The first-order chi connectivity index (χ1) is 8.52. The Bertz CT molecular complexity index is 385.